The van der Waals surface area contributed by atoms with Crippen molar-refractivity contribution >= 4 is 6.08 Å². The Morgan fingerprint density at radius 3 is 2.23 bits per heavy atom. The molecule has 4 N–H and O–H groups in total. The van der Waals surface area contributed by atoms with Crippen molar-refractivity contribution in [3.05, 3.63) is 52.6 Å². The number of hydrogen-bond acceptors (Lipinski definition) is 5. The van der Waals surface area contributed by atoms with Crippen molar-refractivity contribution in [3.8, 4) is 0 Å². The van der Waals surface area contributed by atoms with Crippen LogP contribution in [0.4, 0.5) is 22.0 Å². The number of hydrogen-bond donors (Lipinski definition) is 3. The van der Waals surface area contributed by atoms with E-state index in [2.05, 4.69) is 13.8 Å². The number of benzene rings is 1. The number of alkyl halides is 5. The van der Waals surface area contributed by atoms with Crippen LogP contribution >= 0.6 is 0 Å². The van der Waals surface area contributed by atoms with Gasteiger partial charge in [0.2, 0.25) is 0 Å². The molecule has 1 heterocycles. The molecular formula is C34H44F5NO4. The molecule has 1 saturated heterocycles. The average molecular weight is 626 g/mol. The predicted octanol–water partition coefficient (Wildman–Crippen LogP) is 6.88. The van der Waals surface area contributed by atoms with Crippen molar-refractivity contribution < 1.29 is 41.6 Å². The maximum atomic E-state index is 15.3. The molecule has 4 fully saturated rings. The molecule has 1 spiro atoms. The number of ether oxygens (including phenoxy) is 2. The standard InChI is InChI=1S/C34H44F5NO4/c1-28(2)19-43-31(44-20-28)14-11-26-27-23(10-13-30(26,41)18-31)25-12-15-32(42,33(35,36)34(37,38)39)29(25,3)17-24(27)22-8-6-21(7-9-22)5-4-16-40/h4-9,23-25,41-42H,10-20,40H2,1-3H3/b5-4+/t23?,24-,25?,29?,30-,32+/m1/s1. The number of allylic oxidation sites excluding steroid dienone is 1. The third-order valence-corrected chi connectivity index (χ3v) is 11.7. The number of halogens is 5. The van der Waals surface area contributed by atoms with E-state index in [-0.39, 0.29) is 30.6 Å². The molecule has 44 heavy (non-hydrogen) atoms. The van der Waals surface area contributed by atoms with Crippen molar-refractivity contribution in [2.45, 2.75) is 107 Å². The fraction of sp³-hybridized carbons (Fsp3) is 0.706. The summed E-state index contributed by atoms with van der Waals surface area (Å²) >= 11 is 0. The summed E-state index contributed by atoms with van der Waals surface area (Å²) < 4.78 is 84.7. The molecule has 0 amide bonds. The van der Waals surface area contributed by atoms with Crippen molar-refractivity contribution in [3.63, 3.8) is 0 Å². The van der Waals surface area contributed by atoms with Crippen LogP contribution in [0.3, 0.4) is 0 Å². The monoisotopic (exact) mass is 625 g/mol. The van der Waals surface area contributed by atoms with Crippen LogP contribution in [0.1, 0.15) is 89.2 Å². The predicted molar refractivity (Wildman–Crippen MR) is 156 cm³/mol. The van der Waals surface area contributed by atoms with E-state index < -0.39 is 52.8 Å². The number of rotatable bonds is 4. The van der Waals surface area contributed by atoms with Crippen molar-refractivity contribution in [1.29, 1.82) is 0 Å². The lowest BCUT2D eigenvalue weighted by molar-refractivity contribution is -0.362. The van der Waals surface area contributed by atoms with Crippen LogP contribution in [0.15, 0.2) is 41.5 Å². The van der Waals surface area contributed by atoms with Gasteiger partial charge in [-0.15, -0.1) is 0 Å². The van der Waals surface area contributed by atoms with Crippen molar-refractivity contribution in [2.24, 2.45) is 28.4 Å². The molecule has 1 aromatic rings. The second-order valence-corrected chi connectivity index (χ2v) is 15.0. The van der Waals surface area contributed by atoms with Gasteiger partial charge >= 0.3 is 12.1 Å². The highest BCUT2D eigenvalue weighted by atomic mass is 19.4. The largest absolute Gasteiger partial charge is 0.456 e. The van der Waals surface area contributed by atoms with E-state index in [4.69, 9.17) is 15.2 Å². The van der Waals surface area contributed by atoms with Gasteiger partial charge in [0.25, 0.3) is 0 Å². The zero-order valence-electron chi connectivity index (χ0n) is 25.7. The van der Waals surface area contributed by atoms with Gasteiger partial charge < -0.3 is 25.4 Å². The fourth-order valence-electron chi connectivity index (χ4n) is 9.35. The van der Waals surface area contributed by atoms with Crippen molar-refractivity contribution in [2.75, 3.05) is 19.8 Å². The minimum Gasteiger partial charge on any atom is -0.385 e. The van der Waals surface area contributed by atoms with Crippen LogP contribution < -0.4 is 5.73 Å². The molecule has 0 aromatic heterocycles. The molecule has 1 aromatic carbocycles. The average Bonchev–Trinajstić information content (AvgIpc) is 3.24. The topological polar surface area (TPSA) is 84.9 Å². The van der Waals surface area contributed by atoms with E-state index in [0.29, 0.717) is 45.4 Å². The highest BCUT2D eigenvalue weighted by Gasteiger charge is 2.79. The summed E-state index contributed by atoms with van der Waals surface area (Å²) in [7, 11) is 0. The third kappa shape index (κ3) is 4.72. The maximum absolute atomic E-state index is 15.3. The SMILES string of the molecule is CC1(C)COC2(CCC3=C4C(CC[C@@]3(O)C2)C2CC[C@@](O)(C(F)(F)C(F)(F)F)C2(C)C[C@@H]4c2ccc(/C=C/CN)cc2)OC1. The van der Waals surface area contributed by atoms with Crippen molar-refractivity contribution in [1.82, 2.24) is 0 Å². The summed E-state index contributed by atoms with van der Waals surface area (Å²) in [5.41, 5.74) is 2.67. The molecule has 5 aliphatic rings. The summed E-state index contributed by atoms with van der Waals surface area (Å²) in [5, 5.41) is 23.8. The lowest BCUT2D eigenvalue weighted by atomic mass is 9.49. The summed E-state index contributed by atoms with van der Waals surface area (Å²) in [6, 6.07) is 7.49. The molecule has 0 bridgehead atoms. The normalized spacial score (nSPS) is 38.5. The molecule has 4 aliphatic carbocycles. The van der Waals surface area contributed by atoms with Gasteiger partial charge in [-0.1, -0.05) is 62.8 Å². The van der Waals surface area contributed by atoms with Crippen LogP contribution in [0.2, 0.25) is 0 Å². The van der Waals surface area contributed by atoms with Gasteiger partial charge in [0, 0.05) is 36.1 Å². The van der Waals surface area contributed by atoms with E-state index in [1.165, 1.54) is 6.92 Å². The highest BCUT2D eigenvalue weighted by Crippen LogP contribution is 2.71. The lowest BCUT2D eigenvalue weighted by Crippen LogP contribution is -2.65. The molecule has 6 rings (SSSR count). The molecular weight excluding hydrogens is 581 g/mol. The Morgan fingerprint density at radius 2 is 1.61 bits per heavy atom. The Bertz CT molecular complexity index is 1330. The molecule has 1 aliphatic heterocycles. The first-order chi connectivity index (χ1) is 20.4. The van der Waals surface area contributed by atoms with Crippen LogP contribution in [0.25, 0.3) is 6.08 Å². The number of fused-ring (bicyclic) bond motifs is 4. The van der Waals surface area contributed by atoms with Gasteiger partial charge in [-0.2, -0.15) is 22.0 Å². The maximum Gasteiger partial charge on any atom is 0.456 e. The molecule has 3 unspecified atom stereocenters. The van der Waals surface area contributed by atoms with E-state index in [0.717, 1.165) is 22.3 Å². The molecule has 0 radical (unpaired) electrons. The summed E-state index contributed by atoms with van der Waals surface area (Å²) in [6.07, 6.45) is -0.919. The smallest absolute Gasteiger partial charge is 0.385 e. The second-order valence-electron chi connectivity index (χ2n) is 15.0. The van der Waals surface area contributed by atoms with Crippen LogP contribution in [0, 0.1) is 22.7 Å². The third-order valence-electron chi connectivity index (χ3n) is 11.7. The van der Waals surface area contributed by atoms with Gasteiger partial charge in [0.05, 0.1) is 18.8 Å². The van der Waals surface area contributed by atoms with Gasteiger partial charge in [-0.05, 0) is 67.1 Å². The Kier molecular flexibility index (Phi) is 7.53. The van der Waals surface area contributed by atoms with Gasteiger partial charge in [0.1, 0.15) is 5.60 Å². The Morgan fingerprint density at radius 1 is 0.955 bits per heavy atom. The molecule has 244 valence electrons. The molecule has 10 heteroatoms. The minimum absolute atomic E-state index is 0.0549. The zero-order chi connectivity index (χ0) is 32.0. The van der Waals surface area contributed by atoms with Gasteiger partial charge in [-0.3, -0.25) is 0 Å². The first-order valence-electron chi connectivity index (χ1n) is 15.8. The van der Waals surface area contributed by atoms with Crippen LogP contribution in [-0.4, -0.2) is 59.1 Å². The highest BCUT2D eigenvalue weighted by molar-refractivity contribution is 5.52. The Hall–Kier alpha value is -1.85. The van der Waals surface area contributed by atoms with Gasteiger partial charge in [0.15, 0.2) is 5.79 Å². The second kappa shape index (κ2) is 10.3. The van der Waals surface area contributed by atoms with Crippen LogP contribution in [0.5, 0.6) is 0 Å². The molecule has 3 saturated carbocycles. The summed E-state index contributed by atoms with van der Waals surface area (Å²) in [4.78, 5) is 0. The number of aliphatic hydroxyl groups is 2. The Balaban J connectivity index is 1.45. The van der Waals surface area contributed by atoms with E-state index in [1.54, 1.807) is 6.08 Å². The van der Waals surface area contributed by atoms with Gasteiger partial charge in [-0.25, -0.2) is 0 Å². The lowest BCUT2D eigenvalue weighted by Gasteiger charge is -2.59. The van der Waals surface area contributed by atoms with E-state index >= 15 is 8.78 Å². The molecule has 6 atom stereocenters. The summed E-state index contributed by atoms with van der Waals surface area (Å²) in [5.74, 6) is -7.67. The van der Waals surface area contributed by atoms with E-state index in [1.807, 2.05) is 30.3 Å². The quantitative estimate of drug-likeness (QED) is 0.251. The van der Waals surface area contributed by atoms with Crippen LogP contribution in [-0.2, 0) is 9.47 Å². The summed E-state index contributed by atoms with van der Waals surface area (Å²) in [6.45, 7) is 6.90. The fourth-order valence-corrected chi connectivity index (χ4v) is 9.35. The first-order valence-corrected chi connectivity index (χ1v) is 15.8. The minimum atomic E-state index is -5.88. The molecule has 5 nitrogen and oxygen atoms in total. The Labute approximate surface area is 255 Å². The van der Waals surface area contributed by atoms with E-state index in [9.17, 15) is 23.4 Å². The number of nitrogens with two attached hydrogens (primary N) is 1. The zero-order valence-corrected chi connectivity index (χ0v) is 25.7. The first kappa shape index (κ1) is 32.1.